The van der Waals surface area contributed by atoms with E-state index in [9.17, 15) is 10.5 Å². The zero-order valence-corrected chi connectivity index (χ0v) is 14.0. The molecule has 0 aromatic heterocycles. The van der Waals surface area contributed by atoms with E-state index in [4.69, 9.17) is 5.21 Å². The van der Waals surface area contributed by atoms with E-state index < -0.39 is 0 Å². The first-order valence-corrected chi connectivity index (χ1v) is 7.91. The average Bonchev–Trinajstić information content (AvgIpc) is 2.53. The third kappa shape index (κ3) is 3.63. The molecule has 6 heteroatoms. The largest absolute Gasteiger partial charge is 0.733 e. The molecule has 0 spiro atoms. The average molecular weight is 411 g/mol. The highest BCUT2D eigenvalue weighted by Crippen LogP contribution is 2.43. The predicted octanol–water partition coefficient (Wildman–Crippen LogP) is 4.82. The Labute approximate surface area is 139 Å². The van der Waals surface area contributed by atoms with Gasteiger partial charge in [0.15, 0.2) is 0 Å². The summed E-state index contributed by atoms with van der Waals surface area (Å²) in [6, 6.07) is 16.3. The van der Waals surface area contributed by atoms with Gasteiger partial charge in [0.1, 0.15) is 0 Å². The molecule has 2 aromatic carbocycles. The van der Waals surface area contributed by atoms with Gasteiger partial charge in [0.05, 0.1) is 27.0 Å². The molecular formula is C15H11Br2N2O2-. The SMILES string of the molecule is N#Cc1cc(N([O-])O)ccc1[C@H](Br)[C@@H](Br)c1ccccc1. The highest BCUT2D eigenvalue weighted by Gasteiger charge is 2.22. The van der Waals surface area contributed by atoms with E-state index in [2.05, 4.69) is 37.9 Å². The number of nitrogens with zero attached hydrogens (tertiary/aromatic N) is 2. The molecule has 0 amide bonds. The van der Waals surface area contributed by atoms with E-state index in [1.165, 1.54) is 12.1 Å². The molecule has 0 fully saturated rings. The van der Waals surface area contributed by atoms with Crippen LogP contribution in [0, 0.1) is 16.5 Å². The van der Waals surface area contributed by atoms with Crippen LogP contribution in [-0.4, -0.2) is 5.21 Å². The second-order valence-electron chi connectivity index (χ2n) is 4.37. The number of hydrogen-bond donors (Lipinski definition) is 1. The Hall–Kier alpha value is -1.39. The second kappa shape index (κ2) is 7.05. The molecule has 2 atom stereocenters. The van der Waals surface area contributed by atoms with E-state index in [0.29, 0.717) is 5.56 Å². The van der Waals surface area contributed by atoms with Crippen LogP contribution >= 0.6 is 31.9 Å². The summed E-state index contributed by atoms with van der Waals surface area (Å²) in [6.07, 6.45) is 0. The first kappa shape index (κ1) is 16.0. The van der Waals surface area contributed by atoms with Crippen molar-refractivity contribution in [1.82, 2.24) is 0 Å². The van der Waals surface area contributed by atoms with Crippen molar-refractivity contribution in [2.75, 3.05) is 5.23 Å². The third-order valence-corrected chi connectivity index (χ3v) is 5.84. The van der Waals surface area contributed by atoms with Crippen molar-refractivity contribution in [2.24, 2.45) is 0 Å². The summed E-state index contributed by atoms with van der Waals surface area (Å²) in [5, 5.41) is 28.8. The highest BCUT2D eigenvalue weighted by atomic mass is 79.9. The number of nitriles is 1. The van der Waals surface area contributed by atoms with Crippen LogP contribution < -0.4 is 5.23 Å². The van der Waals surface area contributed by atoms with Gasteiger partial charge in [0, 0.05) is 0 Å². The minimum atomic E-state index is -0.253. The van der Waals surface area contributed by atoms with Gasteiger partial charge in [0.2, 0.25) is 0 Å². The summed E-state index contributed by atoms with van der Waals surface area (Å²) in [7, 11) is 0. The fourth-order valence-corrected chi connectivity index (χ4v) is 3.26. The second-order valence-corrected chi connectivity index (χ2v) is 6.34. The number of rotatable bonds is 4. The third-order valence-electron chi connectivity index (χ3n) is 3.05. The molecule has 0 unspecified atom stereocenters. The van der Waals surface area contributed by atoms with Gasteiger partial charge in [-0.15, -0.1) is 0 Å². The molecule has 0 bridgehead atoms. The maximum Gasteiger partial charge on any atom is 0.0995 e. The van der Waals surface area contributed by atoms with E-state index in [1.807, 2.05) is 30.3 Å². The van der Waals surface area contributed by atoms with Crippen molar-refractivity contribution < 1.29 is 5.21 Å². The molecule has 0 saturated heterocycles. The summed E-state index contributed by atoms with van der Waals surface area (Å²) < 4.78 is 0. The standard InChI is InChI=1S/C15H11Br2N2O2/c16-14(10-4-2-1-3-5-10)15(17)13-7-6-12(19(20)21)8-11(13)9-18/h1-8,14-15,20H/q-1/t14-,15-/m0/s1. The van der Waals surface area contributed by atoms with Gasteiger partial charge in [0.25, 0.3) is 0 Å². The molecule has 0 aliphatic rings. The number of hydrogen-bond acceptors (Lipinski definition) is 4. The molecular weight excluding hydrogens is 400 g/mol. The minimum Gasteiger partial charge on any atom is -0.733 e. The van der Waals surface area contributed by atoms with Crippen LogP contribution in [0.15, 0.2) is 48.5 Å². The van der Waals surface area contributed by atoms with Crippen LogP contribution in [0.4, 0.5) is 5.69 Å². The molecule has 0 radical (unpaired) electrons. The van der Waals surface area contributed by atoms with Crippen molar-refractivity contribution in [3.8, 4) is 6.07 Å². The lowest BCUT2D eigenvalue weighted by molar-refractivity contribution is 0.296. The van der Waals surface area contributed by atoms with Gasteiger partial charge in [-0.3, -0.25) is 5.21 Å². The van der Waals surface area contributed by atoms with Crippen LogP contribution in [-0.2, 0) is 0 Å². The van der Waals surface area contributed by atoms with Gasteiger partial charge in [-0.25, -0.2) is 0 Å². The van der Waals surface area contributed by atoms with Gasteiger partial charge < -0.3 is 10.4 Å². The Bertz CT molecular complexity index is 656. The zero-order valence-electron chi connectivity index (χ0n) is 10.8. The molecule has 0 aliphatic carbocycles. The van der Waals surface area contributed by atoms with Crippen LogP contribution in [0.25, 0.3) is 0 Å². The van der Waals surface area contributed by atoms with E-state index in [1.54, 1.807) is 6.07 Å². The zero-order chi connectivity index (χ0) is 15.4. The molecule has 2 rings (SSSR count). The molecule has 0 saturated carbocycles. The maximum atomic E-state index is 10.9. The Morgan fingerprint density at radius 2 is 1.76 bits per heavy atom. The minimum absolute atomic E-state index is 0.0285. The van der Waals surface area contributed by atoms with Crippen LogP contribution in [0.2, 0.25) is 0 Å². The number of halogens is 2. The lowest BCUT2D eigenvalue weighted by Gasteiger charge is -2.24. The van der Waals surface area contributed by atoms with Gasteiger partial charge in [-0.05, 0) is 23.3 Å². The normalized spacial score (nSPS) is 13.3. The monoisotopic (exact) mass is 409 g/mol. The summed E-state index contributed by atoms with van der Waals surface area (Å²) in [5.41, 5.74) is 2.18. The number of alkyl halides is 2. The Morgan fingerprint density at radius 1 is 1.10 bits per heavy atom. The molecule has 0 aliphatic heterocycles. The summed E-state index contributed by atoms with van der Waals surface area (Å²) >= 11 is 7.21. The Morgan fingerprint density at radius 3 is 2.33 bits per heavy atom. The summed E-state index contributed by atoms with van der Waals surface area (Å²) in [6.45, 7) is 0. The van der Waals surface area contributed by atoms with Crippen LogP contribution in [0.3, 0.4) is 0 Å². The first-order chi connectivity index (χ1) is 10.0. The molecule has 108 valence electrons. The predicted molar refractivity (Wildman–Crippen MR) is 88.6 cm³/mol. The molecule has 2 aromatic rings. The van der Waals surface area contributed by atoms with E-state index in [0.717, 1.165) is 11.1 Å². The molecule has 0 heterocycles. The summed E-state index contributed by atoms with van der Waals surface area (Å²) in [4.78, 5) is -0.184. The van der Waals surface area contributed by atoms with E-state index in [-0.39, 0.29) is 20.6 Å². The summed E-state index contributed by atoms with van der Waals surface area (Å²) in [5.74, 6) is 0. The van der Waals surface area contributed by atoms with Crippen molar-refractivity contribution in [2.45, 2.75) is 9.65 Å². The lowest BCUT2D eigenvalue weighted by Crippen LogP contribution is -2.08. The highest BCUT2D eigenvalue weighted by molar-refractivity contribution is 9.12. The molecule has 1 N–H and O–H groups in total. The van der Waals surface area contributed by atoms with E-state index >= 15 is 0 Å². The van der Waals surface area contributed by atoms with Crippen LogP contribution in [0.5, 0.6) is 0 Å². The first-order valence-electron chi connectivity index (χ1n) is 6.08. The van der Waals surface area contributed by atoms with Crippen LogP contribution in [0.1, 0.15) is 26.3 Å². The lowest BCUT2D eigenvalue weighted by atomic mass is 9.99. The molecule has 21 heavy (non-hydrogen) atoms. The smallest absolute Gasteiger partial charge is 0.0995 e. The fraction of sp³-hybridized carbons (Fsp3) is 0.133. The quantitative estimate of drug-likeness (QED) is 0.579. The Kier molecular flexibility index (Phi) is 5.37. The molecule has 4 nitrogen and oxygen atoms in total. The maximum absolute atomic E-state index is 10.9. The van der Waals surface area contributed by atoms with Gasteiger partial charge >= 0.3 is 0 Å². The van der Waals surface area contributed by atoms with Crippen molar-refractivity contribution in [1.29, 1.82) is 5.26 Å². The van der Waals surface area contributed by atoms with Gasteiger partial charge in [-0.1, -0.05) is 68.3 Å². The number of benzene rings is 2. The van der Waals surface area contributed by atoms with Crippen molar-refractivity contribution in [3.63, 3.8) is 0 Å². The van der Waals surface area contributed by atoms with Crippen molar-refractivity contribution in [3.05, 3.63) is 70.4 Å². The fourth-order valence-electron chi connectivity index (χ4n) is 1.96. The van der Waals surface area contributed by atoms with Crippen molar-refractivity contribution >= 4 is 37.5 Å². The number of anilines is 1. The topological polar surface area (TPSA) is 70.3 Å². The van der Waals surface area contributed by atoms with Gasteiger partial charge in [-0.2, -0.15) is 5.26 Å². The Balaban J connectivity index is 2.35.